The SMILES string of the molecule is O=C(NC[C@H]1C[C@H]1C(=O)NC[C@H]1[C@@H](C(=O)O)C1(F)F)OCC1c2ccccc2-c2ccccc21. The Hall–Kier alpha value is -3.49. The molecule has 5 rings (SSSR count). The number of carboxylic acids is 1. The summed E-state index contributed by atoms with van der Waals surface area (Å²) in [6.07, 6.45) is -0.0475. The number of rotatable bonds is 8. The van der Waals surface area contributed by atoms with Crippen molar-refractivity contribution in [2.75, 3.05) is 19.7 Å². The molecule has 0 radical (unpaired) electrons. The van der Waals surface area contributed by atoms with Gasteiger partial charge in [-0.2, -0.15) is 0 Å². The first-order chi connectivity index (χ1) is 16.3. The lowest BCUT2D eigenvalue weighted by molar-refractivity contribution is -0.141. The fraction of sp³-hybridized carbons (Fsp3) is 0.400. The molecule has 2 saturated carbocycles. The molecular weight excluding hydrogens is 446 g/mol. The lowest BCUT2D eigenvalue weighted by Gasteiger charge is -2.14. The van der Waals surface area contributed by atoms with Crippen molar-refractivity contribution in [2.24, 2.45) is 23.7 Å². The van der Waals surface area contributed by atoms with Gasteiger partial charge in [0.05, 0.1) is 5.92 Å². The van der Waals surface area contributed by atoms with E-state index < -0.39 is 35.7 Å². The predicted molar refractivity (Wildman–Crippen MR) is 117 cm³/mol. The lowest BCUT2D eigenvalue weighted by atomic mass is 9.98. The molecule has 3 N–H and O–H groups in total. The fourth-order valence-electron chi connectivity index (χ4n) is 4.98. The second kappa shape index (κ2) is 8.38. The summed E-state index contributed by atoms with van der Waals surface area (Å²) < 4.78 is 32.3. The van der Waals surface area contributed by atoms with Crippen molar-refractivity contribution in [3.8, 4) is 11.1 Å². The number of alkyl carbamates (subject to hydrolysis) is 1. The number of halogens is 2. The maximum Gasteiger partial charge on any atom is 0.407 e. The average molecular weight is 470 g/mol. The van der Waals surface area contributed by atoms with Crippen molar-refractivity contribution in [3.63, 3.8) is 0 Å². The van der Waals surface area contributed by atoms with Gasteiger partial charge in [-0.1, -0.05) is 48.5 Å². The summed E-state index contributed by atoms with van der Waals surface area (Å²) in [7, 11) is 0. The van der Waals surface area contributed by atoms with Crippen molar-refractivity contribution in [1.82, 2.24) is 10.6 Å². The number of carboxylic acid groups (broad SMARTS) is 1. The number of nitrogens with one attached hydrogen (secondary N) is 2. The maximum atomic E-state index is 13.4. The van der Waals surface area contributed by atoms with Gasteiger partial charge in [0.1, 0.15) is 12.5 Å². The Morgan fingerprint density at radius 3 is 2.18 bits per heavy atom. The molecule has 3 aliphatic carbocycles. The molecule has 178 valence electrons. The van der Waals surface area contributed by atoms with E-state index in [2.05, 4.69) is 22.8 Å². The van der Waals surface area contributed by atoms with Crippen LogP contribution >= 0.6 is 0 Å². The van der Waals surface area contributed by atoms with Gasteiger partial charge in [-0.05, 0) is 34.6 Å². The predicted octanol–water partition coefficient (Wildman–Crippen LogP) is 3.24. The van der Waals surface area contributed by atoms with Gasteiger partial charge in [0.2, 0.25) is 5.91 Å². The van der Waals surface area contributed by atoms with Crippen LogP contribution in [0.3, 0.4) is 0 Å². The van der Waals surface area contributed by atoms with Crippen LogP contribution in [0, 0.1) is 23.7 Å². The molecule has 7 nitrogen and oxygen atoms in total. The van der Waals surface area contributed by atoms with Crippen LogP contribution in [-0.4, -0.2) is 48.7 Å². The normalized spacial score (nSPS) is 25.6. The number of hydrogen-bond donors (Lipinski definition) is 3. The van der Waals surface area contributed by atoms with E-state index in [-0.39, 0.29) is 37.5 Å². The Kier molecular flexibility index (Phi) is 5.50. The van der Waals surface area contributed by atoms with Gasteiger partial charge >= 0.3 is 12.1 Å². The van der Waals surface area contributed by atoms with E-state index >= 15 is 0 Å². The van der Waals surface area contributed by atoms with E-state index in [1.807, 2.05) is 36.4 Å². The molecule has 0 bridgehead atoms. The van der Waals surface area contributed by atoms with Crippen molar-refractivity contribution < 1.29 is 33.0 Å². The van der Waals surface area contributed by atoms with Gasteiger partial charge in [-0.15, -0.1) is 0 Å². The molecule has 0 spiro atoms. The molecule has 9 heteroatoms. The topological polar surface area (TPSA) is 105 Å². The molecule has 2 aromatic rings. The minimum Gasteiger partial charge on any atom is -0.481 e. The molecule has 4 atom stereocenters. The third-order valence-corrected chi connectivity index (χ3v) is 7.08. The zero-order chi connectivity index (χ0) is 24.0. The van der Waals surface area contributed by atoms with E-state index in [0.29, 0.717) is 6.42 Å². The molecule has 2 aromatic carbocycles. The minimum absolute atomic E-state index is 0.0484. The summed E-state index contributed by atoms with van der Waals surface area (Å²) in [4.78, 5) is 35.2. The molecule has 2 fully saturated rings. The third-order valence-electron chi connectivity index (χ3n) is 7.08. The van der Waals surface area contributed by atoms with Gasteiger partial charge in [0, 0.05) is 24.9 Å². The van der Waals surface area contributed by atoms with Crippen LogP contribution in [-0.2, 0) is 14.3 Å². The van der Waals surface area contributed by atoms with E-state index in [1.165, 1.54) is 0 Å². The minimum atomic E-state index is -3.28. The summed E-state index contributed by atoms with van der Waals surface area (Å²) in [5.41, 5.74) is 4.50. The molecule has 0 unspecified atom stereocenters. The summed E-state index contributed by atoms with van der Waals surface area (Å²) >= 11 is 0. The van der Waals surface area contributed by atoms with Crippen LogP contribution in [0.5, 0.6) is 0 Å². The lowest BCUT2D eigenvalue weighted by Crippen LogP contribution is -2.31. The smallest absolute Gasteiger partial charge is 0.407 e. The number of aliphatic carboxylic acids is 1. The third kappa shape index (κ3) is 3.99. The largest absolute Gasteiger partial charge is 0.481 e. The Labute approximate surface area is 194 Å². The number of amides is 2. The molecule has 3 aliphatic rings. The fourth-order valence-corrected chi connectivity index (χ4v) is 4.98. The second-order valence-electron chi connectivity index (χ2n) is 9.15. The van der Waals surface area contributed by atoms with Gasteiger partial charge in [-0.25, -0.2) is 13.6 Å². The highest BCUT2D eigenvalue weighted by Crippen LogP contribution is 2.55. The number of carbonyl (C=O) groups is 3. The second-order valence-corrected chi connectivity index (χ2v) is 9.15. The van der Waals surface area contributed by atoms with Crippen molar-refractivity contribution >= 4 is 18.0 Å². The molecule has 0 heterocycles. The quantitative estimate of drug-likeness (QED) is 0.550. The van der Waals surface area contributed by atoms with E-state index in [1.54, 1.807) is 0 Å². The molecule has 34 heavy (non-hydrogen) atoms. The van der Waals surface area contributed by atoms with Crippen LogP contribution < -0.4 is 10.6 Å². The van der Waals surface area contributed by atoms with Crippen LogP contribution in [0.4, 0.5) is 13.6 Å². The molecule has 2 amide bonds. The van der Waals surface area contributed by atoms with Gasteiger partial charge in [0.25, 0.3) is 5.92 Å². The Morgan fingerprint density at radius 2 is 1.59 bits per heavy atom. The molecule has 0 saturated heterocycles. The van der Waals surface area contributed by atoms with Crippen LogP contribution in [0.25, 0.3) is 11.1 Å². The highest BCUT2D eigenvalue weighted by Gasteiger charge is 2.72. The first-order valence-electron chi connectivity index (χ1n) is 11.3. The van der Waals surface area contributed by atoms with Crippen molar-refractivity contribution in [3.05, 3.63) is 59.7 Å². The zero-order valence-electron chi connectivity index (χ0n) is 18.2. The summed E-state index contributed by atoms with van der Waals surface area (Å²) in [5, 5.41) is 13.9. The highest BCUT2D eigenvalue weighted by atomic mass is 19.3. The zero-order valence-corrected chi connectivity index (χ0v) is 18.2. The molecular formula is C25H24F2N2O5. The Balaban J connectivity index is 1.06. The number of fused-ring (bicyclic) bond motifs is 3. The summed E-state index contributed by atoms with van der Waals surface area (Å²) in [5.74, 6) is -8.88. The van der Waals surface area contributed by atoms with Crippen molar-refractivity contribution in [1.29, 1.82) is 0 Å². The van der Waals surface area contributed by atoms with Gasteiger partial charge in [0.15, 0.2) is 0 Å². The van der Waals surface area contributed by atoms with E-state index in [9.17, 15) is 23.2 Å². The first-order valence-corrected chi connectivity index (χ1v) is 11.3. The van der Waals surface area contributed by atoms with Crippen LogP contribution in [0.1, 0.15) is 23.5 Å². The maximum absolute atomic E-state index is 13.4. The molecule has 0 aliphatic heterocycles. The van der Waals surface area contributed by atoms with E-state index in [4.69, 9.17) is 9.84 Å². The number of carbonyl (C=O) groups excluding carboxylic acids is 2. The van der Waals surface area contributed by atoms with Crippen molar-refractivity contribution in [2.45, 2.75) is 18.3 Å². The highest BCUT2D eigenvalue weighted by molar-refractivity contribution is 5.82. The number of hydrogen-bond acceptors (Lipinski definition) is 4. The van der Waals surface area contributed by atoms with E-state index in [0.717, 1.165) is 22.3 Å². The monoisotopic (exact) mass is 470 g/mol. The summed E-state index contributed by atoms with van der Waals surface area (Å²) in [6, 6.07) is 16.1. The average Bonchev–Trinajstić information content (AvgIpc) is 3.67. The van der Waals surface area contributed by atoms with Crippen LogP contribution in [0.2, 0.25) is 0 Å². The van der Waals surface area contributed by atoms with Crippen LogP contribution in [0.15, 0.2) is 48.5 Å². The Bertz CT molecular complexity index is 1110. The number of ether oxygens (including phenoxy) is 1. The first kappa shape index (κ1) is 22.3. The summed E-state index contributed by atoms with van der Waals surface area (Å²) in [6.45, 7) is 0.0622. The molecule has 0 aromatic heterocycles. The standard InChI is InChI=1S/C25H24F2N2O5/c26-25(27)20(21(25)23(31)32)11-28-22(30)18-9-13(18)10-29-24(33)34-12-19-16-7-3-1-5-14(16)15-6-2-4-8-17(15)19/h1-8,13,18-21H,9-12H2,(H,28,30)(H,29,33)(H,31,32)/t13-,18-,20+,21+/m1/s1. The van der Waals surface area contributed by atoms with Gasteiger partial charge < -0.3 is 20.5 Å². The number of alkyl halides is 2. The van der Waals surface area contributed by atoms with Gasteiger partial charge in [-0.3, -0.25) is 9.59 Å². The number of benzene rings is 2. The Morgan fingerprint density at radius 1 is 0.971 bits per heavy atom.